The van der Waals surface area contributed by atoms with Gasteiger partial charge in [0, 0.05) is 5.38 Å². The Morgan fingerprint density at radius 1 is 1.30 bits per heavy atom. The molecule has 2 aromatic rings. The van der Waals surface area contributed by atoms with Crippen molar-refractivity contribution in [2.75, 3.05) is 12.4 Å². The lowest BCUT2D eigenvalue weighted by Gasteiger charge is -2.05. The number of rotatable bonds is 3. The number of halogens is 2. The van der Waals surface area contributed by atoms with Crippen molar-refractivity contribution in [3.8, 4) is 0 Å². The van der Waals surface area contributed by atoms with Crippen LogP contribution < -0.4 is 5.32 Å². The molecule has 0 aromatic carbocycles. The summed E-state index contributed by atoms with van der Waals surface area (Å²) in [5.74, 6) is -1.24. The van der Waals surface area contributed by atoms with Crippen LogP contribution in [-0.2, 0) is 4.74 Å². The second-order valence-corrected chi connectivity index (χ2v) is 4.91. The lowest BCUT2D eigenvalue weighted by Crippen LogP contribution is -2.16. The molecule has 0 bridgehead atoms. The monoisotopic (exact) mass is 331 g/mol. The summed E-state index contributed by atoms with van der Waals surface area (Å²) < 4.78 is 8.40. The van der Waals surface area contributed by atoms with E-state index in [1.807, 2.05) is 0 Å². The first kappa shape index (κ1) is 14.7. The maximum Gasteiger partial charge on any atom is 0.359 e. The van der Waals surface area contributed by atoms with E-state index in [0.717, 1.165) is 11.5 Å². The third-order valence-electron chi connectivity index (χ3n) is 2.22. The van der Waals surface area contributed by atoms with Crippen LogP contribution in [0.4, 0.5) is 5.69 Å². The average Bonchev–Trinajstić information content (AvgIpc) is 2.88. The minimum Gasteiger partial charge on any atom is -0.464 e. The predicted octanol–water partition coefficient (Wildman–Crippen LogP) is 2.88. The molecule has 9 heteroatoms. The Morgan fingerprint density at radius 3 is 2.75 bits per heavy atom. The van der Waals surface area contributed by atoms with E-state index in [1.54, 1.807) is 0 Å². The highest BCUT2D eigenvalue weighted by molar-refractivity contribution is 7.04. The molecular formula is C11H7Cl2N3O3S. The van der Waals surface area contributed by atoms with Crippen molar-refractivity contribution in [1.29, 1.82) is 0 Å². The van der Waals surface area contributed by atoms with Crippen LogP contribution in [-0.4, -0.2) is 28.3 Å². The lowest BCUT2D eigenvalue weighted by atomic mass is 10.3. The first-order valence-corrected chi connectivity index (χ1v) is 6.78. The van der Waals surface area contributed by atoms with Gasteiger partial charge in [0.15, 0.2) is 5.69 Å². The minimum atomic E-state index is -0.647. The molecular weight excluding hydrogens is 325 g/mol. The van der Waals surface area contributed by atoms with Crippen LogP contribution >= 0.6 is 34.7 Å². The van der Waals surface area contributed by atoms with Gasteiger partial charge in [0.25, 0.3) is 5.91 Å². The number of carbonyl (C=O) groups is 2. The fourth-order valence-electron chi connectivity index (χ4n) is 1.33. The molecule has 20 heavy (non-hydrogen) atoms. The largest absolute Gasteiger partial charge is 0.464 e. The summed E-state index contributed by atoms with van der Waals surface area (Å²) >= 11 is 12.6. The summed E-state index contributed by atoms with van der Waals surface area (Å²) in [6.07, 6.45) is 0. The van der Waals surface area contributed by atoms with Crippen molar-refractivity contribution in [2.45, 2.75) is 0 Å². The molecule has 0 aliphatic carbocycles. The summed E-state index contributed by atoms with van der Waals surface area (Å²) in [5.41, 5.74) is 0.204. The van der Waals surface area contributed by atoms with E-state index in [2.05, 4.69) is 19.4 Å². The maximum absolute atomic E-state index is 12.1. The topological polar surface area (TPSA) is 81.2 Å². The fraction of sp³-hybridized carbons (Fsp3) is 0.0909. The van der Waals surface area contributed by atoms with Crippen molar-refractivity contribution in [3.05, 3.63) is 39.1 Å². The Kier molecular flexibility index (Phi) is 4.53. The quantitative estimate of drug-likeness (QED) is 0.690. The number of methoxy groups -OCH3 is 1. The molecule has 104 valence electrons. The van der Waals surface area contributed by atoms with Gasteiger partial charge < -0.3 is 10.1 Å². The number of nitrogens with zero attached hydrogens (tertiary/aromatic N) is 2. The summed E-state index contributed by atoms with van der Waals surface area (Å²) in [6, 6.07) is 2.92. The molecule has 2 rings (SSSR count). The third-order valence-corrected chi connectivity index (χ3v) is 3.37. The standard InChI is InChI=1S/C11H7Cl2N3O3S/c1-19-11(18)9-6(4-20-16-9)14-10(17)8-5(12)2-3-7(13)15-8/h2-4H,1H3,(H,14,17). The fourth-order valence-corrected chi connectivity index (χ4v) is 2.27. The summed E-state index contributed by atoms with van der Waals surface area (Å²) in [5, 5.41) is 4.28. The predicted molar refractivity (Wildman–Crippen MR) is 75.7 cm³/mol. The molecule has 1 amide bonds. The number of esters is 1. The molecule has 6 nitrogen and oxygen atoms in total. The molecule has 0 spiro atoms. The molecule has 0 aliphatic rings. The van der Waals surface area contributed by atoms with E-state index in [0.29, 0.717) is 0 Å². The number of amides is 1. The van der Waals surface area contributed by atoms with Gasteiger partial charge >= 0.3 is 5.97 Å². The van der Waals surface area contributed by atoms with Gasteiger partial charge in [-0.3, -0.25) is 4.79 Å². The minimum absolute atomic E-state index is 0.0176. The Labute approximate surface area is 127 Å². The highest BCUT2D eigenvalue weighted by atomic mass is 35.5. The molecule has 0 unspecified atom stereocenters. The zero-order valence-corrected chi connectivity index (χ0v) is 12.3. The number of hydrogen-bond donors (Lipinski definition) is 1. The number of aromatic nitrogens is 2. The molecule has 0 atom stereocenters. The molecule has 2 heterocycles. The first-order chi connectivity index (χ1) is 9.52. The molecule has 0 saturated heterocycles. The highest BCUT2D eigenvalue weighted by Gasteiger charge is 2.20. The normalized spacial score (nSPS) is 10.2. The molecule has 0 aliphatic heterocycles. The Balaban J connectivity index is 2.26. The van der Waals surface area contributed by atoms with Crippen molar-refractivity contribution >= 4 is 52.3 Å². The second-order valence-electron chi connectivity index (χ2n) is 3.49. The Hall–Kier alpha value is -1.70. The van der Waals surface area contributed by atoms with Gasteiger partial charge in [-0.05, 0) is 23.7 Å². The van der Waals surface area contributed by atoms with E-state index in [9.17, 15) is 9.59 Å². The number of pyridine rings is 1. The number of carbonyl (C=O) groups excluding carboxylic acids is 2. The summed E-state index contributed by atoms with van der Waals surface area (Å²) in [6.45, 7) is 0. The highest BCUT2D eigenvalue weighted by Crippen LogP contribution is 2.21. The second kappa shape index (κ2) is 6.17. The Bertz CT molecular complexity index is 675. The third kappa shape index (κ3) is 3.06. The maximum atomic E-state index is 12.1. The zero-order chi connectivity index (χ0) is 14.7. The van der Waals surface area contributed by atoms with E-state index >= 15 is 0 Å². The van der Waals surface area contributed by atoms with Crippen LogP contribution in [0.5, 0.6) is 0 Å². The van der Waals surface area contributed by atoms with Crippen LogP contribution in [0.3, 0.4) is 0 Å². The molecule has 1 N–H and O–H groups in total. The summed E-state index contributed by atoms with van der Waals surface area (Å²) in [4.78, 5) is 27.3. The van der Waals surface area contributed by atoms with Gasteiger partial charge in [-0.25, -0.2) is 9.78 Å². The number of ether oxygens (including phenoxy) is 1. The van der Waals surface area contributed by atoms with Gasteiger partial charge in [0.2, 0.25) is 0 Å². The number of anilines is 1. The van der Waals surface area contributed by atoms with Gasteiger partial charge in [-0.1, -0.05) is 23.2 Å². The van der Waals surface area contributed by atoms with Crippen LogP contribution in [0, 0.1) is 0 Å². The van der Waals surface area contributed by atoms with Crippen LogP contribution in [0.1, 0.15) is 21.0 Å². The van der Waals surface area contributed by atoms with Gasteiger partial charge in [0.1, 0.15) is 10.8 Å². The molecule has 0 saturated carbocycles. The van der Waals surface area contributed by atoms with Crippen LogP contribution in [0.2, 0.25) is 10.2 Å². The van der Waals surface area contributed by atoms with Crippen molar-refractivity contribution in [3.63, 3.8) is 0 Å². The van der Waals surface area contributed by atoms with Gasteiger partial charge in [0.05, 0.1) is 17.8 Å². The van der Waals surface area contributed by atoms with Crippen molar-refractivity contribution < 1.29 is 14.3 Å². The number of hydrogen-bond acceptors (Lipinski definition) is 6. The number of nitrogens with one attached hydrogen (secondary N) is 1. The van der Waals surface area contributed by atoms with Gasteiger partial charge in [-0.15, -0.1) is 0 Å². The molecule has 0 radical (unpaired) electrons. The van der Waals surface area contributed by atoms with Crippen LogP contribution in [0.15, 0.2) is 17.5 Å². The average molecular weight is 332 g/mol. The van der Waals surface area contributed by atoms with E-state index in [1.165, 1.54) is 24.6 Å². The van der Waals surface area contributed by atoms with Gasteiger partial charge in [-0.2, -0.15) is 4.37 Å². The first-order valence-electron chi connectivity index (χ1n) is 5.19. The van der Waals surface area contributed by atoms with E-state index < -0.39 is 11.9 Å². The van der Waals surface area contributed by atoms with E-state index in [4.69, 9.17) is 23.2 Å². The summed E-state index contributed by atoms with van der Waals surface area (Å²) in [7, 11) is 1.22. The van der Waals surface area contributed by atoms with E-state index in [-0.39, 0.29) is 27.3 Å². The van der Waals surface area contributed by atoms with Crippen LogP contribution in [0.25, 0.3) is 0 Å². The lowest BCUT2D eigenvalue weighted by molar-refractivity contribution is 0.0596. The van der Waals surface area contributed by atoms with Crippen molar-refractivity contribution in [2.24, 2.45) is 0 Å². The zero-order valence-electron chi connectivity index (χ0n) is 10.0. The smallest absolute Gasteiger partial charge is 0.359 e. The SMILES string of the molecule is COC(=O)c1nscc1NC(=O)c1nc(Cl)ccc1Cl. The Morgan fingerprint density at radius 2 is 2.05 bits per heavy atom. The molecule has 2 aromatic heterocycles. The van der Waals surface area contributed by atoms with Crippen molar-refractivity contribution in [1.82, 2.24) is 9.36 Å². The molecule has 0 fully saturated rings.